The van der Waals surface area contributed by atoms with E-state index in [1.54, 1.807) is 7.11 Å². The van der Waals surface area contributed by atoms with E-state index in [1.165, 1.54) is 25.7 Å². The zero-order valence-corrected chi connectivity index (χ0v) is 11.5. The van der Waals surface area contributed by atoms with Crippen molar-refractivity contribution in [1.82, 2.24) is 5.32 Å². The zero-order valence-electron chi connectivity index (χ0n) is 11.5. The number of nitrogens with one attached hydrogen (secondary N) is 1. The van der Waals surface area contributed by atoms with Crippen LogP contribution in [0.1, 0.15) is 46.0 Å². The van der Waals surface area contributed by atoms with Gasteiger partial charge in [-0.25, -0.2) is 0 Å². The lowest BCUT2D eigenvalue weighted by atomic mass is 10.0. The van der Waals surface area contributed by atoms with Gasteiger partial charge in [-0.2, -0.15) is 0 Å². The minimum Gasteiger partial charge on any atom is -0.383 e. The van der Waals surface area contributed by atoms with E-state index in [2.05, 4.69) is 19.2 Å². The first-order valence-electron chi connectivity index (χ1n) is 6.60. The van der Waals surface area contributed by atoms with Gasteiger partial charge in [0.1, 0.15) is 6.04 Å². The highest BCUT2D eigenvalue weighted by atomic mass is 16.5. The number of hydrogen-bond donors (Lipinski definition) is 2. The number of nitrogens with two attached hydrogens (primary N) is 1. The summed E-state index contributed by atoms with van der Waals surface area (Å²) in [4.78, 5) is 11.4. The molecule has 0 heterocycles. The van der Waals surface area contributed by atoms with Crippen LogP contribution >= 0.6 is 0 Å². The van der Waals surface area contributed by atoms with E-state index < -0.39 is 6.04 Å². The van der Waals surface area contributed by atoms with Crippen LogP contribution in [0.5, 0.6) is 0 Å². The fraction of sp³-hybridized carbons (Fsp3) is 0.923. The van der Waals surface area contributed by atoms with E-state index in [0.717, 1.165) is 18.9 Å². The van der Waals surface area contributed by atoms with Crippen molar-refractivity contribution < 1.29 is 9.53 Å². The normalized spacial score (nSPS) is 12.8. The summed E-state index contributed by atoms with van der Waals surface area (Å²) in [6, 6.07) is -0.541. The molecule has 0 aromatic rings. The minimum absolute atomic E-state index is 0.117. The molecule has 0 saturated heterocycles. The van der Waals surface area contributed by atoms with Crippen LogP contribution in [0.3, 0.4) is 0 Å². The second-order valence-electron chi connectivity index (χ2n) is 4.95. The Bertz CT molecular complexity index is 196. The molecule has 17 heavy (non-hydrogen) atoms. The van der Waals surface area contributed by atoms with Crippen molar-refractivity contribution in [2.45, 2.75) is 52.0 Å². The highest BCUT2D eigenvalue weighted by Gasteiger charge is 2.11. The van der Waals surface area contributed by atoms with Crippen molar-refractivity contribution in [1.29, 1.82) is 0 Å². The number of carbonyl (C=O) groups is 1. The summed E-state index contributed by atoms with van der Waals surface area (Å²) in [6.45, 7) is 5.49. The molecule has 0 aliphatic heterocycles. The molecule has 0 aliphatic rings. The van der Waals surface area contributed by atoms with Gasteiger partial charge < -0.3 is 15.8 Å². The van der Waals surface area contributed by atoms with Crippen LogP contribution in [-0.4, -0.2) is 32.2 Å². The Morgan fingerprint density at radius 2 is 1.88 bits per heavy atom. The monoisotopic (exact) mass is 244 g/mol. The van der Waals surface area contributed by atoms with Crippen molar-refractivity contribution >= 4 is 5.91 Å². The molecule has 0 fully saturated rings. The van der Waals surface area contributed by atoms with Crippen LogP contribution in [0, 0.1) is 5.92 Å². The van der Waals surface area contributed by atoms with Gasteiger partial charge in [-0.3, -0.25) is 4.79 Å². The SMILES string of the molecule is COCC(N)C(=O)NCCCCCCC(C)C. The van der Waals surface area contributed by atoms with E-state index in [4.69, 9.17) is 10.5 Å². The lowest BCUT2D eigenvalue weighted by Crippen LogP contribution is -2.43. The molecular weight excluding hydrogens is 216 g/mol. The van der Waals surface area contributed by atoms with Crippen LogP contribution in [0.4, 0.5) is 0 Å². The first-order valence-corrected chi connectivity index (χ1v) is 6.60. The van der Waals surface area contributed by atoms with E-state index >= 15 is 0 Å². The van der Waals surface area contributed by atoms with Gasteiger partial charge in [0, 0.05) is 13.7 Å². The summed E-state index contributed by atoms with van der Waals surface area (Å²) < 4.78 is 4.82. The molecule has 0 bridgehead atoms. The summed E-state index contributed by atoms with van der Waals surface area (Å²) in [6.07, 6.45) is 6.04. The van der Waals surface area contributed by atoms with E-state index in [1.807, 2.05) is 0 Å². The third kappa shape index (κ3) is 10.3. The van der Waals surface area contributed by atoms with Crippen LogP contribution < -0.4 is 11.1 Å². The topological polar surface area (TPSA) is 64.3 Å². The minimum atomic E-state index is -0.541. The number of ether oxygens (including phenoxy) is 1. The van der Waals surface area contributed by atoms with Crippen LogP contribution in [0.25, 0.3) is 0 Å². The fourth-order valence-corrected chi connectivity index (χ4v) is 1.63. The van der Waals surface area contributed by atoms with Gasteiger partial charge in [0.15, 0.2) is 0 Å². The third-order valence-electron chi connectivity index (χ3n) is 2.69. The van der Waals surface area contributed by atoms with Gasteiger partial charge >= 0.3 is 0 Å². The predicted molar refractivity (Wildman–Crippen MR) is 70.8 cm³/mol. The summed E-state index contributed by atoms with van der Waals surface area (Å²) in [5.74, 6) is 0.677. The summed E-state index contributed by atoms with van der Waals surface area (Å²) in [5, 5.41) is 2.82. The number of hydrogen-bond acceptors (Lipinski definition) is 3. The molecule has 3 N–H and O–H groups in total. The Hall–Kier alpha value is -0.610. The molecule has 1 amide bonds. The molecule has 0 spiro atoms. The molecule has 102 valence electrons. The lowest BCUT2D eigenvalue weighted by Gasteiger charge is -2.11. The third-order valence-corrected chi connectivity index (χ3v) is 2.69. The van der Waals surface area contributed by atoms with Crippen LogP contribution in [0.2, 0.25) is 0 Å². The highest BCUT2D eigenvalue weighted by molar-refractivity contribution is 5.81. The predicted octanol–water partition coefficient (Wildman–Crippen LogP) is 1.68. The van der Waals surface area contributed by atoms with Crippen molar-refractivity contribution in [3.8, 4) is 0 Å². The summed E-state index contributed by atoms with van der Waals surface area (Å²) in [7, 11) is 1.54. The second-order valence-corrected chi connectivity index (χ2v) is 4.95. The lowest BCUT2D eigenvalue weighted by molar-refractivity contribution is -0.123. The van der Waals surface area contributed by atoms with Gasteiger partial charge in [-0.1, -0.05) is 39.5 Å². The molecule has 4 heteroatoms. The van der Waals surface area contributed by atoms with Gasteiger partial charge in [-0.15, -0.1) is 0 Å². The Balaban J connectivity index is 3.30. The molecular formula is C13H28N2O2. The van der Waals surface area contributed by atoms with Gasteiger partial charge in [0.2, 0.25) is 5.91 Å². The van der Waals surface area contributed by atoms with Gasteiger partial charge in [0.25, 0.3) is 0 Å². The Kier molecular flexibility index (Phi) is 10.2. The molecule has 0 aliphatic carbocycles. The maximum absolute atomic E-state index is 11.4. The molecule has 0 radical (unpaired) electrons. The maximum atomic E-state index is 11.4. The van der Waals surface area contributed by atoms with Crippen molar-refractivity contribution in [3.63, 3.8) is 0 Å². The molecule has 0 rings (SSSR count). The summed E-state index contributed by atoms with van der Waals surface area (Å²) >= 11 is 0. The first-order chi connectivity index (χ1) is 8.07. The Morgan fingerprint density at radius 1 is 1.24 bits per heavy atom. The van der Waals surface area contributed by atoms with Crippen molar-refractivity contribution in [3.05, 3.63) is 0 Å². The second kappa shape index (κ2) is 10.5. The van der Waals surface area contributed by atoms with Crippen molar-refractivity contribution in [2.75, 3.05) is 20.3 Å². The average molecular weight is 244 g/mol. The zero-order chi connectivity index (χ0) is 13.1. The van der Waals surface area contributed by atoms with Gasteiger partial charge in [0.05, 0.1) is 6.61 Å². The van der Waals surface area contributed by atoms with E-state index in [9.17, 15) is 4.79 Å². The van der Waals surface area contributed by atoms with Crippen LogP contribution in [-0.2, 0) is 9.53 Å². The quantitative estimate of drug-likeness (QED) is 0.575. The van der Waals surface area contributed by atoms with E-state index in [-0.39, 0.29) is 12.5 Å². The average Bonchev–Trinajstić information content (AvgIpc) is 2.27. The standard InChI is InChI=1S/C13H28N2O2/c1-11(2)8-6-4-5-7-9-15-13(16)12(14)10-17-3/h11-12H,4-10,14H2,1-3H3,(H,15,16). The number of unbranched alkanes of at least 4 members (excludes halogenated alkanes) is 3. The molecule has 1 atom stereocenters. The Labute approximate surface area is 105 Å². The fourth-order valence-electron chi connectivity index (χ4n) is 1.63. The number of carbonyl (C=O) groups excluding carboxylic acids is 1. The molecule has 0 aromatic heterocycles. The highest BCUT2D eigenvalue weighted by Crippen LogP contribution is 2.08. The first kappa shape index (κ1) is 16.4. The maximum Gasteiger partial charge on any atom is 0.239 e. The van der Waals surface area contributed by atoms with Crippen molar-refractivity contribution in [2.24, 2.45) is 11.7 Å². The number of methoxy groups -OCH3 is 1. The molecule has 1 unspecified atom stereocenters. The molecule has 4 nitrogen and oxygen atoms in total. The van der Waals surface area contributed by atoms with Gasteiger partial charge in [-0.05, 0) is 12.3 Å². The smallest absolute Gasteiger partial charge is 0.239 e. The van der Waals surface area contributed by atoms with E-state index in [0.29, 0.717) is 0 Å². The Morgan fingerprint density at radius 3 is 2.47 bits per heavy atom. The summed E-state index contributed by atoms with van der Waals surface area (Å²) in [5.41, 5.74) is 5.59. The number of amides is 1. The molecule has 0 saturated carbocycles. The largest absolute Gasteiger partial charge is 0.383 e. The molecule has 0 aromatic carbocycles. The number of rotatable bonds is 10. The van der Waals surface area contributed by atoms with Crippen LogP contribution in [0.15, 0.2) is 0 Å².